The van der Waals surface area contributed by atoms with E-state index < -0.39 is 0 Å². The Morgan fingerprint density at radius 1 is 1.28 bits per heavy atom. The van der Waals surface area contributed by atoms with E-state index in [9.17, 15) is 9.18 Å². The van der Waals surface area contributed by atoms with Crippen molar-refractivity contribution in [3.8, 4) is 0 Å². The number of halogens is 1. The number of nitrogens with zero attached hydrogens (tertiary/aromatic N) is 3. The van der Waals surface area contributed by atoms with Crippen molar-refractivity contribution in [2.75, 3.05) is 20.6 Å². The van der Waals surface area contributed by atoms with E-state index >= 15 is 0 Å². The summed E-state index contributed by atoms with van der Waals surface area (Å²) in [6, 6.07) is 10.7. The molecule has 0 radical (unpaired) electrons. The Labute approximate surface area is 169 Å². The molecule has 0 fully saturated rings. The number of benzene rings is 1. The molecule has 150 valence electrons. The van der Waals surface area contributed by atoms with Gasteiger partial charge < -0.3 is 14.8 Å². The van der Waals surface area contributed by atoms with Crippen LogP contribution in [0, 0.1) is 11.7 Å². The van der Waals surface area contributed by atoms with Crippen molar-refractivity contribution in [3.63, 3.8) is 0 Å². The highest BCUT2D eigenvalue weighted by Crippen LogP contribution is 2.52. The lowest BCUT2D eigenvalue weighted by atomic mass is 9.62. The van der Waals surface area contributed by atoms with E-state index in [1.54, 1.807) is 7.05 Å². The molecule has 2 aliphatic heterocycles. The monoisotopic (exact) mass is 392 g/mol. The van der Waals surface area contributed by atoms with Crippen LogP contribution in [0.3, 0.4) is 0 Å². The SMILES string of the molecule is CNC(=O)C1C(c2ccc(F)cc2)Cn2c3c(c4cccnc42)CN(C)CC31C. The first-order valence-corrected chi connectivity index (χ1v) is 10.1. The fourth-order valence-corrected chi connectivity index (χ4v) is 5.82. The molecule has 2 aromatic heterocycles. The first-order valence-electron chi connectivity index (χ1n) is 10.1. The van der Waals surface area contributed by atoms with Crippen LogP contribution < -0.4 is 5.32 Å². The third kappa shape index (κ3) is 2.55. The number of rotatable bonds is 2. The van der Waals surface area contributed by atoms with Crippen LogP contribution in [0.5, 0.6) is 0 Å². The minimum atomic E-state index is -0.375. The third-order valence-electron chi connectivity index (χ3n) is 6.79. The summed E-state index contributed by atoms with van der Waals surface area (Å²) in [5.41, 5.74) is 4.09. The van der Waals surface area contributed by atoms with Gasteiger partial charge in [-0.2, -0.15) is 0 Å². The molecule has 3 atom stereocenters. The van der Waals surface area contributed by atoms with E-state index in [-0.39, 0.29) is 29.0 Å². The van der Waals surface area contributed by atoms with E-state index in [2.05, 4.69) is 34.8 Å². The minimum Gasteiger partial charge on any atom is -0.359 e. The Morgan fingerprint density at radius 2 is 2.03 bits per heavy atom. The molecule has 0 spiro atoms. The van der Waals surface area contributed by atoms with Crippen LogP contribution in [0.15, 0.2) is 42.6 Å². The molecular weight excluding hydrogens is 367 g/mol. The van der Waals surface area contributed by atoms with Crippen LogP contribution in [0.2, 0.25) is 0 Å². The zero-order valence-electron chi connectivity index (χ0n) is 16.9. The minimum absolute atomic E-state index is 0.0348. The van der Waals surface area contributed by atoms with Crippen molar-refractivity contribution in [1.29, 1.82) is 0 Å². The molecule has 4 heterocycles. The number of pyridine rings is 1. The van der Waals surface area contributed by atoms with E-state index in [1.807, 2.05) is 24.4 Å². The fraction of sp³-hybridized carbons (Fsp3) is 0.391. The molecule has 5 rings (SSSR count). The third-order valence-corrected chi connectivity index (χ3v) is 6.79. The van der Waals surface area contributed by atoms with Crippen molar-refractivity contribution in [1.82, 2.24) is 19.8 Å². The van der Waals surface area contributed by atoms with Crippen molar-refractivity contribution in [3.05, 3.63) is 65.2 Å². The maximum atomic E-state index is 13.6. The molecular formula is C23H25FN4O. The molecule has 0 bridgehead atoms. The van der Waals surface area contributed by atoms with Crippen LogP contribution in [0.4, 0.5) is 4.39 Å². The molecule has 29 heavy (non-hydrogen) atoms. The van der Waals surface area contributed by atoms with Gasteiger partial charge in [0.1, 0.15) is 11.5 Å². The smallest absolute Gasteiger partial charge is 0.224 e. The first-order chi connectivity index (χ1) is 13.9. The maximum absolute atomic E-state index is 13.6. The Hall–Kier alpha value is -2.73. The number of nitrogens with one attached hydrogen (secondary N) is 1. The molecule has 3 aromatic rings. The topological polar surface area (TPSA) is 50.2 Å². The molecule has 2 aliphatic rings. The van der Waals surface area contributed by atoms with Gasteiger partial charge in [0, 0.05) is 55.3 Å². The summed E-state index contributed by atoms with van der Waals surface area (Å²) in [7, 11) is 3.81. The largest absolute Gasteiger partial charge is 0.359 e. The van der Waals surface area contributed by atoms with Crippen LogP contribution >= 0.6 is 0 Å². The average molecular weight is 392 g/mol. The lowest BCUT2D eigenvalue weighted by molar-refractivity contribution is -0.129. The normalized spacial score (nSPS) is 26.3. The van der Waals surface area contributed by atoms with Gasteiger partial charge in [-0.3, -0.25) is 4.79 Å². The van der Waals surface area contributed by atoms with E-state index in [0.29, 0.717) is 6.54 Å². The van der Waals surface area contributed by atoms with Crippen LogP contribution in [0.1, 0.15) is 29.7 Å². The highest BCUT2D eigenvalue weighted by Gasteiger charge is 2.53. The summed E-state index contributed by atoms with van der Waals surface area (Å²) in [5.74, 6) is -0.547. The Bertz CT molecular complexity index is 1110. The number of carbonyl (C=O) groups excluding carboxylic acids is 1. The quantitative estimate of drug-likeness (QED) is 0.729. The fourth-order valence-electron chi connectivity index (χ4n) is 5.82. The molecule has 1 aromatic carbocycles. The summed E-state index contributed by atoms with van der Waals surface area (Å²) in [6.07, 6.45) is 1.83. The summed E-state index contributed by atoms with van der Waals surface area (Å²) < 4.78 is 15.9. The first kappa shape index (κ1) is 18.3. The zero-order chi connectivity index (χ0) is 20.3. The molecule has 0 saturated heterocycles. The predicted octanol–water partition coefficient (Wildman–Crippen LogP) is 3.04. The van der Waals surface area contributed by atoms with Gasteiger partial charge in [0.2, 0.25) is 5.91 Å². The second-order valence-corrected chi connectivity index (χ2v) is 8.65. The summed E-state index contributed by atoms with van der Waals surface area (Å²) >= 11 is 0. The van der Waals surface area contributed by atoms with Crippen molar-refractivity contribution in [2.45, 2.75) is 31.3 Å². The zero-order valence-corrected chi connectivity index (χ0v) is 16.9. The van der Waals surface area contributed by atoms with Gasteiger partial charge in [0.25, 0.3) is 0 Å². The van der Waals surface area contributed by atoms with Gasteiger partial charge in [-0.15, -0.1) is 0 Å². The molecule has 3 unspecified atom stereocenters. The molecule has 6 heteroatoms. The molecule has 0 aliphatic carbocycles. The standard InChI is InChI=1S/C23H25FN4O/c1-23-13-27(3)11-18-16-5-4-10-26-21(16)28(20(18)23)12-17(19(23)22(29)25-2)14-6-8-15(24)9-7-14/h4-10,17,19H,11-13H2,1-3H3,(H,25,29). The maximum Gasteiger partial charge on any atom is 0.224 e. The number of hydrogen-bond acceptors (Lipinski definition) is 3. The van der Waals surface area contributed by atoms with Crippen molar-refractivity contribution < 1.29 is 9.18 Å². The summed E-state index contributed by atoms with van der Waals surface area (Å²) in [4.78, 5) is 20.2. The van der Waals surface area contributed by atoms with Gasteiger partial charge in [0.15, 0.2) is 0 Å². The van der Waals surface area contributed by atoms with Gasteiger partial charge in [0.05, 0.1) is 5.92 Å². The van der Waals surface area contributed by atoms with Crippen LogP contribution in [-0.4, -0.2) is 41.0 Å². The second-order valence-electron chi connectivity index (χ2n) is 8.65. The highest BCUT2D eigenvalue weighted by atomic mass is 19.1. The number of fused-ring (bicyclic) bond motifs is 3. The summed E-state index contributed by atoms with van der Waals surface area (Å²) in [5, 5.41) is 4.06. The van der Waals surface area contributed by atoms with Crippen LogP contribution in [-0.2, 0) is 23.3 Å². The number of hydrogen-bond donors (Lipinski definition) is 1. The number of aromatic nitrogens is 2. The molecule has 0 saturated carbocycles. The molecule has 1 N–H and O–H groups in total. The molecule has 1 amide bonds. The van der Waals surface area contributed by atoms with Crippen molar-refractivity contribution in [2.24, 2.45) is 5.92 Å². The second kappa shape index (κ2) is 6.39. The number of amides is 1. The number of carbonyl (C=O) groups is 1. The predicted molar refractivity (Wildman–Crippen MR) is 110 cm³/mol. The average Bonchev–Trinajstić information content (AvgIpc) is 3.02. The van der Waals surface area contributed by atoms with Gasteiger partial charge in [-0.1, -0.05) is 19.1 Å². The lowest BCUT2D eigenvalue weighted by Crippen LogP contribution is -2.57. The Morgan fingerprint density at radius 3 is 2.76 bits per heavy atom. The van der Waals surface area contributed by atoms with E-state index in [4.69, 9.17) is 4.98 Å². The summed E-state index contributed by atoms with van der Waals surface area (Å²) in [6.45, 7) is 4.49. The number of likely N-dealkylation sites (N-methyl/N-ethyl adjacent to an activating group) is 1. The van der Waals surface area contributed by atoms with Crippen LogP contribution in [0.25, 0.3) is 11.0 Å². The van der Waals surface area contributed by atoms with Gasteiger partial charge in [-0.05, 0) is 42.4 Å². The van der Waals surface area contributed by atoms with Gasteiger partial charge in [-0.25, -0.2) is 9.37 Å². The van der Waals surface area contributed by atoms with Crippen molar-refractivity contribution >= 4 is 16.9 Å². The van der Waals surface area contributed by atoms with Gasteiger partial charge >= 0.3 is 0 Å². The highest BCUT2D eigenvalue weighted by molar-refractivity contribution is 5.87. The van der Waals surface area contributed by atoms with E-state index in [1.165, 1.54) is 23.4 Å². The Kier molecular flexibility index (Phi) is 4.03. The lowest BCUT2D eigenvalue weighted by Gasteiger charge is -2.50. The Balaban J connectivity index is 1.80. The van der Waals surface area contributed by atoms with E-state index in [0.717, 1.165) is 29.7 Å². The molecule has 5 nitrogen and oxygen atoms in total.